The molecule has 10 atom stereocenters. The van der Waals surface area contributed by atoms with Gasteiger partial charge in [-0.3, -0.25) is 0 Å². The van der Waals surface area contributed by atoms with E-state index >= 15 is 9.13 Å². The topological polar surface area (TPSA) is 54.4 Å². The molecule has 1 N–H and O–H groups in total. The smallest absolute Gasteiger partial charge is 0.145 e. The lowest BCUT2D eigenvalue weighted by Gasteiger charge is -2.47. The number of hydrogen-bond acceptors (Lipinski definition) is 3. The van der Waals surface area contributed by atoms with Crippen LogP contribution < -0.4 is 10.6 Å². The second-order valence-corrected chi connectivity index (χ2v) is 22.4. The summed E-state index contributed by atoms with van der Waals surface area (Å²) in [5.74, 6) is 1.22. The van der Waals surface area contributed by atoms with Crippen LogP contribution in [0.4, 0.5) is 0 Å². The maximum Gasteiger partial charge on any atom is 0.145 e. The number of aryl methyl sites for hydroxylation is 1. The highest BCUT2D eigenvalue weighted by Gasteiger charge is 2.53. The molecule has 0 aliphatic heterocycles. The van der Waals surface area contributed by atoms with Crippen molar-refractivity contribution in [3.05, 3.63) is 96.1 Å². The first kappa shape index (κ1) is 36.4. The van der Waals surface area contributed by atoms with Gasteiger partial charge >= 0.3 is 0 Å². The number of hydrogen-bond donors (Lipinski definition) is 1. The molecule has 3 unspecified atom stereocenters. The zero-order valence-corrected chi connectivity index (χ0v) is 31.8. The van der Waals surface area contributed by atoms with Gasteiger partial charge in [0.15, 0.2) is 0 Å². The van der Waals surface area contributed by atoms with Gasteiger partial charge in [0.05, 0.1) is 0 Å². The van der Waals surface area contributed by atoms with Crippen LogP contribution in [0, 0.1) is 42.4 Å². The molecule has 0 heterocycles. The molecular weight excluding hydrogens is 614 g/mol. The van der Waals surface area contributed by atoms with E-state index in [9.17, 15) is 5.11 Å². The van der Waals surface area contributed by atoms with Crippen LogP contribution in [0.5, 0.6) is 0 Å². The molecular formula is C42H60O3P2. The molecule has 5 heteroatoms. The van der Waals surface area contributed by atoms with Crippen molar-refractivity contribution < 1.29 is 14.2 Å². The van der Waals surface area contributed by atoms with Crippen molar-refractivity contribution in [1.82, 2.24) is 0 Å². The van der Waals surface area contributed by atoms with Gasteiger partial charge < -0.3 is 14.2 Å². The minimum absolute atomic E-state index is 0.000294. The average molecular weight is 675 g/mol. The quantitative estimate of drug-likeness (QED) is 0.206. The average Bonchev–Trinajstić information content (AvgIpc) is 3.07. The van der Waals surface area contributed by atoms with Crippen molar-refractivity contribution in [2.24, 2.45) is 35.5 Å². The van der Waals surface area contributed by atoms with Gasteiger partial charge in [-0.25, -0.2) is 0 Å². The molecule has 2 saturated carbocycles. The van der Waals surface area contributed by atoms with Gasteiger partial charge in [0.2, 0.25) is 0 Å². The fraction of sp³-hybridized carbons (Fsp3) is 0.571. The molecule has 2 fully saturated rings. The van der Waals surface area contributed by atoms with E-state index in [4.69, 9.17) is 0 Å². The van der Waals surface area contributed by atoms with Crippen LogP contribution in [0.1, 0.15) is 103 Å². The van der Waals surface area contributed by atoms with Crippen LogP contribution >= 0.6 is 14.3 Å². The van der Waals surface area contributed by atoms with Gasteiger partial charge in [-0.15, -0.1) is 0 Å². The summed E-state index contributed by atoms with van der Waals surface area (Å²) >= 11 is 0. The van der Waals surface area contributed by atoms with E-state index in [0.29, 0.717) is 29.6 Å². The zero-order chi connectivity index (χ0) is 33.9. The van der Waals surface area contributed by atoms with E-state index in [1.165, 1.54) is 0 Å². The number of aliphatic hydroxyl groups is 1. The normalized spacial score (nSPS) is 29.1. The first-order chi connectivity index (χ1) is 22.4. The summed E-state index contributed by atoms with van der Waals surface area (Å²) < 4.78 is 32.8. The van der Waals surface area contributed by atoms with Crippen molar-refractivity contribution in [3.8, 4) is 0 Å². The lowest BCUT2D eigenvalue weighted by Crippen LogP contribution is -2.40. The Balaban J connectivity index is 1.72. The van der Waals surface area contributed by atoms with E-state index in [1.807, 2.05) is 54.6 Å². The predicted molar refractivity (Wildman–Crippen MR) is 202 cm³/mol. The van der Waals surface area contributed by atoms with Crippen molar-refractivity contribution in [2.75, 3.05) is 0 Å². The summed E-state index contributed by atoms with van der Waals surface area (Å²) in [5, 5.41) is 14.5. The second kappa shape index (κ2) is 15.3. The molecule has 2 aliphatic rings. The van der Waals surface area contributed by atoms with Crippen molar-refractivity contribution in [1.29, 1.82) is 0 Å². The molecule has 0 radical (unpaired) electrons. The molecule has 0 saturated heterocycles. The Bertz CT molecular complexity index is 1530. The molecule has 0 spiro atoms. The third-order valence-electron chi connectivity index (χ3n) is 12.2. The van der Waals surface area contributed by atoms with Crippen LogP contribution in [0.3, 0.4) is 0 Å². The van der Waals surface area contributed by atoms with Gasteiger partial charge in [0.1, 0.15) is 20.1 Å². The number of aliphatic hydroxyl groups excluding tert-OH is 1. The first-order valence-electron chi connectivity index (χ1n) is 18.4. The highest BCUT2D eigenvalue weighted by atomic mass is 31.2. The summed E-state index contributed by atoms with van der Waals surface area (Å²) in [7, 11) is -6.62. The Morgan fingerprint density at radius 2 is 1.06 bits per heavy atom. The fourth-order valence-corrected chi connectivity index (χ4v) is 18.5. The van der Waals surface area contributed by atoms with E-state index in [-0.39, 0.29) is 23.7 Å². The molecule has 0 amide bonds. The van der Waals surface area contributed by atoms with Crippen molar-refractivity contribution >= 4 is 24.9 Å². The Kier molecular flexibility index (Phi) is 11.9. The minimum atomic E-state index is -3.39. The lowest BCUT2D eigenvalue weighted by molar-refractivity contribution is 0.206. The van der Waals surface area contributed by atoms with Crippen LogP contribution in [0.15, 0.2) is 84.9 Å². The number of benzene rings is 3. The summed E-state index contributed by atoms with van der Waals surface area (Å²) in [6.45, 7) is 15.8. The minimum Gasteiger partial charge on any atom is -0.385 e. The molecule has 0 bridgehead atoms. The molecule has 3 aromatic carbocycles. The standard InChI is InChI=1S/C42H60O3P2/c1-29(2)36-24-22-31(5)26-39(36)46(44,34-17-10-8-11-18-34)41(38-21-15-14-16-33(38)7)28-42(43)47(45,35-19-12-9-13-20-35)40-27-32(6)23-25-37(40)30(3)4/h8-21,29-32,36-37,39-43H,22-28H2,1-7H3/t31?,32-,36+,37+,39-,40-,41+,42+,46?,47?/m1/s1. The predicted octanol–water partition coefficient (Wildman–Crippen LogP) is 11.0. The third-order valence-corrected chi connectivity index (χ3v) is 20.0. The van der Waals surface area contributed by atoms with E-state index in [2.05, 4.69) is 78.8 Å². The Morgan fingerprint density at radius 1 is 0.638 bits per heavy atom. The number of rotatable bonds is 11. The summed E-state index contributed by atoms with van der Waals surface area (Å²) in [6.07, 6.45) is 6.40. The van der Waals surface area contributed by atoms with E-state index in [0.717, 1.165) is 60.3 Å². The first-order valence-corrected chi connectivity index (χ1v) is 22.1. The fourth-order valence-electron chi connectivity index (χ4n) is 9.50. The van der Waals surface area contributed by atoms with Crippen LogP contribution in [0.2, 0.25) is 0 Å². The van der Waals surface area contributed by atoms with Crippen molar-refractivity contribution in [3.63, 3.8) is 0 Å². The highest BCUT2D eigenvalue weighted by molar-refractivity contribution is 7.73. The Hall–Kier alpha value is -1.92. The van der Waals surface area contributed by atoms with E-state index in [1.54, 1.807) is 0 Å². The summed E-state index contributed by atoms with van der Waals surface area (Å²) in [4.78, 5) is 0. The van der Waals surface area contributed by atoms with Crippen LogP contribution in [-0.2, 0) is 9.13 Å². The van der Waals surface area contributed by atoms with Gasteiger partial charge in [-0.2, -0.15) is 0 Å². The SMILES string of the molecule is Cc1ccccc1[C@H](C[C@@H](O)P(=O)(c1ccccc1)[C@@H]1C[C@H](C)CC[C@H]1C(C)C)P(=O)(c1ccccc1)[C@@H]1CC(C)CC[C@H]1C(C)C. The maximum absolute atomic E-state index is 16.7. The summed E-state index contributed by atoms with van der Waals surface area (Å²) in [6, 6.07) is 28.4. The van der Waals surface area contributed by atoms with Crippen LogP contribution in [0.25, 0.3) is 0 Å². The Morgan fingerprint density at radius 3 is 1.53 bits per heavy atom. The molecule has 256 valence electrons. The monoisotopic (exact) mass is 674 g/mol. The molecule has 3 aromatic rings. The van der Waals surface area contributed by atoms with Gasteiger partial charge in [-0.05, 0) is 85.7 Å². The largest absolute Gasteiger partial charge is 0.385 e. The van der Waals surface area contributed by atoms with Crippen LogP contribution in [-0.4, -0.2) is 22.3 Å². The second-order valence-electron chi connectivity index (χ2n) is 16.0. The molecule has 3 nitrogen and oxygen atoms in total. The third kappa shape index (κ3) is 7.35. The van der Waals surface area contributed by atoms with E-state index < -0.39 is 25.8 Å². The lowest BCUT2D eigenvalue weighted by atomic mass is 9.77. The maximum atomic E-state index is 16.7. The van der Waals surface area contributed by atoms with Gasteiger partial charge in [0, 0.05) is 27.6 Å². The Labute approximate surface area is 286 Å². The molecule has 2 aliphatic carbocycles. The zero-order valence-electron chi connectivity index (χ0n) is 30.0. The summed E-state index contributed by atoms with van der Waals surface area (Å²) in [5.41, 5.74) is 1.59. The van der Waals surface area contributed by atoms with Gasteiger partial charge in [0.25, 0.3) is 0 Å². The molecule has 47 heavy (non-hydrogen) atoms. The molecule has 5 rings (SSSR count). The molecule has 0 aromatic heterocycles. The highest BCUT2D eigenvalue weighted by Crippen LogP contribution is 2.71. The van der Waals surface area contributed by atoms with Crippen molar-refractivity contribution in [2.45, 2.75) is 116 Å². The van der Waals surface area contributed by atoms with Gasteiger partial charge in [-0.1, -0.05) is 139 Å².